The molecule has 122 valence electrons. The Kier molecular flexibility index (Phi) is 5.43. The number of halogens is 4. The van der Waals surface area contributed by atoms with Gasteiger partial charge in [-0.2, -0.15) is 13.2 Å². The number of anilines is 1. The van der Waals surface area contributed by atoms with Crippen LogP contribution in [0.5, 0.6) is 5.75 Å². The van der Waals surface area contributed by atoms with Crippen LogP contribution in [0.3, 0.4) is 0 Å². The first-order valence-electron chi connectivity index (χ1n) is 6.29. The summed E-state index contributed by atoms with van der Waals surface area (Å²) < 4.78 is 41.8. The van der Waals surface area contributed by atoms with Crippen molar-refractivity contribution in [3.05, 3.63) is 53.1 Å². The molecule has 0 bridgehead atoms. The van der Waals surface area contributed by atoms with Crippen LogP contribution in [0.15, 0.2) is 47.4 Å². The van der Waals surface area contributed by atoms with E-state index in [9.17, 15) is 18.0 Å². The van der Waals surface area contributed by atoms with Crippen molar-refractivity contribution in [2.24, 2.45) is 0 Å². The summed E-state index contributed by atoms with van der Waals surface area (Å²) in [5.41, 5.74) is -3.75. The van der Waals surface area contributed by atoms with Crippen LogP contribution in [0, 0.1) is 0 Å². The Labute approximate surface area is 139 Å². The Bertz CT molecular complexity index is 705. The van der Waals surface area contributed by atoms with Gasteiger partial charge in [-0.25, -0.2) is 0 Å². The van der Waals surface area contributed by atoms with Crippen molar-refractivity contribution in [2.75, 3.05) is 12.4 Å². The highest BCUT2D eigenvalue weighted by Crippen LogP contribution is 2.36. The maximum atomic E-state index is 12.3. The van der Waals surface area contributed by atoms with Crippen LogP contribution in [-0.2, 0) is 0 Å². The van der Waals surface area contributed by atoms with Crippen LogP contribution in [0.1, 0.15) is 10.4 Å². The molecule has 1 N–H and O–H groups in total. The van der Waals surface area contributed by atoms with E-state index in [1.165, 1.54) is 31.4 Å². The van der Waals surface area contributed by atoms with Crippen LogP contribution in [0.25, 0.3) is 0 Å². The van der Waals surface area contributed by atoms with Gasteiger partial charge in [0.1, 0.15) is 5.75 Å². The predicted octanol–water partition coefficient (Wildman–Crippen LogP) is 5.21. The van der Waals surface area contributed by atoms with Crippen molar-refractivity contribution in [1.82, 2.24) is 0 Å². The van der Waals surface area contributed by atoms with E-state index in [2.05, 4.69) is 5.32 Å². The molecule has 8 heteroatoms. The fraction of sp³-hybridized carbons (Fsp3) is 0.133. The van der Waals surface area contributed by atoms with Gasteiger partial charge >= 0.3 is 5.51 Å². The Hall–Kier alpha value is -1.86. The number of hydrogen-bond acceptors (Lipinski definition) is 3. The summed E-state index contributed by atoms with van der Waals surface area (Å²) >= 11 is 5.78. The fourth-order valence-electron chi connectivity index (χ4n) is 1.73. The molecule has 0 aromatic heterocycles. The third-order valence-corrected chi connectivity index (χ3v) is 3.83. The molecule has 1 amide bonds. The van der Waals surface area contributed by atoms with Gasteiger partial charge in [0.15, 0.2) is 0 Å². The summed E-state index contributed by atoms with van der Waals surface area (Å²) in [6.07, 6.45) is 0. The first-order valence-corrected chi connectivity index (χ1v) is 7.48. The summed E-state index contributed by atoms with van der Waals surface area (Å²) in [6.45, 7) is 0. The minimum atomic E-state index is -4.36. The van der Waals surface area contributed by atoms with Crippen molar-refractivity contribution in [2.45, 2.75) is 10.4 Å². The Balaban J connectivity index is 2.09. The van der Waals surface area contributed by atoms with E-state index in [1.807, 2.05) is 0 Å². The summed E-state index contributed by atoms with van der Waals surface area (Å²) in [5.74, 6) is 0.0714. The van der Waals surface area contributed by atoms with Crippen molar-refractivity contribution in [3.63, 3.8) is 0 Å². The molecular formula is C15H11ClF3NO2S. The number of methoxy groups -OCH3 is 1. The molecule has 2 aromatic rings. The van der Waals surface area contributed by atoms with Crippen LogP contribution >= 0.6 is 23.4 Å². The maximum Gasteiger partial charge on any atom is 0.446 e. The summed E-state index contributed by atoms with van der Waals surface area (Å²) in [6, 6.07) is 9.87. The fourth-order valence-corrected chi connectivity index (χ4v) is 2.48. The van der Waals surface area contributed by atoms with Gasteiger partial charge in [-0.1, -0.05) is 11.6 Å². The number of ether oxygens (including phenoxy) is 1. The summed E-state index contributed by atoms with van der Waals surface area (Å²) in [7, 11) is 1.49. The largest absolute Gasteiger partial charge is 0.497 e. The normalized spacial score (nSPS) is 11.2. The second-order valence-electron chi connectivity index (χ2n) is 4.37. The third kappa shape index (κ3) is 5.07. The molecule has 0 spiro atoms. The van der Waals surface area contributed by atoms with Gasteiger partial charge in [-0.05, 0) is 48.2 Å². The van der Waals surface area contributed by atoms with E-state index in [1.54, 1.807) is 18.2 Å². The van der Waals surface area contributed by atoms with Crippen LogP contribution in [0.4, 0.5) is 18.9 Å². The standard InChI is InChI=1S/C15H11ClF3NO2S/c1-22-10-4-7-13(12(16)8-10)20-14(21)9-2-5-11(6-3-9)23-15(17,18)19/h2-8H,1H3,(H,20,21). The molecule has 2 rings (SSSR count). The number of amides is 1. The van der Waals surface area contributed by atoms with Crippen LogP contribution in [-0.4, -0.2) is 18.5 Å². The zero-order chi connectivity index (χ0) is 17.0. The lowest BCUT2D eigenvalue weighted by Gasteiger charge is -2.09. The number of benzene rings is 2. The number of hydrogen-bond donors (Lipinski definition) is 1. The monoisotopic (exact) mass is 361 g/mol. The van der Waals surface area contributed by atoms with Crippen molar-refractivity contribution in [1.29, 1.82) is 0 Å². The highest BCUT2D eigenvalue weighted by molar-refractivity contribution is 8.00. The van der Waals surface area contributed by atoms with E-state index in [0.29, 0.717) is 16.5 Å². The minimum Gasteiger partial charge on any atom is -0.497 e. The average molecular weight is 362 g/mol. The SMILES string of the molecule is COc1ccc(NC(=O)c2ccc(SC(F)(F)F)cc2)c(Cl)c1. The predicted molar refractivity (Wildman–Crippen MR) is 84.3 cm³/mol. The first kappa shape index (κ1) is 17.5. The lowest BCUT2D eigenvalue weighted by molar-refractivity contribution is -0.0328. The van der Waals surface area contributed by atoms with E-state index in [0.717, 1.165) is 0 Å². The van der Waals surface area contributed by atoms with E-state index in [4.69, 9.17) is 16.3 Å². The van der Waals surface area contributed by atoms with Gasteiger partial charge in [0, 0.05) is 16.5 Å². The molecule has 0 atom stereocenters. The zero-order valence-corrected chi connectivity index (χ0v) is 13.4. The van der Waals surface area contributed by atoms with Gasteiger partial charge in [0.25, 0.3) is 5.91 Å². The van der Waals surface area contributed by atoms with Crippen molar-refractivity contribution < 1.29 is 22.7 Å². The Morgan fingerprint density at radius 3 is 2.35 bits per heavy atom. The Morgan fingerprint density at radius 2 is 1.83 bits per heavy atom. The van der Waals surface area contributed by atoms with Crippen molar-refractivity contribution in [3.8, 4) is 5.75 Å². The number of carbonyl (C=O) groups excluding carboxylic acids is 1. The lowest BCUT2D eigenvalue weighted by atomic mass is 10.2. The number of rotatable bonds is 4. The van der Waals surface area contributed by atoms with Gasteiger partial charge in [-0.15, -0.1) is 0 Å². The van der Waals surface area contributed by atoms with Gasteiger partial charge < -0.3 is 10.1 Å². The van der Waals surface area contributed by atoms with Gasteiger partial charge in [0.2, 0.25) is 0 Å². The molecule has 0 aliphatic rings. The molecule has 0 saturated heterocycles. The molecular weight excluding hydrogens is 351 g/mol. The molecule has 0 aliphatic heterocycles. The highest BCUT2D eigenvalue weighted by Gasteiger charge is 2.29. The van der Waals surface area contributed by atoms with Crippen LogP contribution in [0.2, 0.25) is 5.02 Å². The smallest absolute Gasteiger partial charge is 0.446 e. The van der Waals surface area contributed by atoms with Gasteiger partial charge in [-0.3, -0.25) is 4.79 Å². The molecule has 0 aliphatic carbocycles. The Morgan fingerprint density at radius 1 is 1.17 bits per heavy atom. The van der Waals surface area contributed by atoms with E-state index < -0.39 is 11.4 Å². The molecule has 0 fully saturated rings. The second-order valence-corrected chi connectivity index (χ2v) is 5.92. The molecule has 3 nitrogen and oxygen atoms in total. The highest BCUT2D eigenvalue weighted by atomic mass is 35.5. The van der Waals surface area contributed by atoms with Crippen LogP contribution < -0.4 is 10.1 Å². The molecule has 2 aromatic carbocycles. The molecule has 0 saturated carbocycles. The molecule has 23 heavy (non-hydrogen) atoms. The topological polar surface area (TPSA) is 38.3 Å². The summed E-state index contributed by atoms with van der Waals surface area (Å²) in [5, 5.41) is 2.88. The molecule has 0 heterocycles. The quantitative estimate of drug-likeness (QED) is 0.759. The zero-order valence-electron chi connectivity index (χ0n) is 11.8. The van der Waals surface area contributed by atoms with Gasteiger partial charge in [0.05, 0.1) is 17.8 Å². The molecule has 0 radical (unpaired) electrons. The number of thioether (sulfide) groups is 1. The third-order valence-electron chi connectivity index (χ3n) is 2.77. The number of nitrogens with one attached hydrogen (secondary N) is 1. The lowest BCUT2D eigenvalue weighted by Crippen LogP contribution is -2.12. The second kappa shape index (κ2) is 7.14. The van der Waals surface area contributed by atoms with E-state index in [-0.39, 0.29) is 22.2 Å². The number of carbonyl (C=O) groups is 1. The number of alkyl halides is 3. The summed E-state index contributed by atoms with van der Waals surface area (Å²) in [4.78, 5) is 12.1. The molecule has 0 unspecified atom stereocenters. The minimum absolute atomic E-state index is 0.0107. The van der Waals surface area contributed by atoms with Crippen molar-refractivity contribution >= 4 is 35.0 Å². The maximum absolute atomic E-state index is 12.3. The first-order chi connectivity index (χ1) is 10.8. The van der Waals surface area contributed by atoms with E-state index >= 15 is 0 Å². The average Bonchev–Trinajstić information content (AvgIpc) is 2.48.